The van der Waals surface area contributed by atoms with Gasteiger partial charge in [-0.1, -0.05) is 58.0 Å². The predicted molar refractivity (Wildman–Crippen MR) is 115 cm³/mol. The van der Waals surface area contributed by atoms with E-state index in [0.29, 0.717) is 19.3 Å². The van der Waals surface area contributed by atoms with Crippen LogP contribution in [0.5, 0.6) is 0 Å². The van der Waals surface area contributed by atoms with E-state index < -0.39 is 0 Å². The van der Waals surface area contributed by atoms with Gasteiger partial charge in [-0.25, -0.2) is 0 Å². The van der Waals surface area contributed by atoms with Crippen molar-refractivity contribution >= 4 is 22.6 Å². The van der Waals surface area contributed by atoms with Gasteiger partial charge in [0.25, 0.3) is 0 Å². The zero-order valence-electron chi connectivity index (χ0n) is 17.4. The molecular weight excluding hydrogens is 350 g/mol. The minimum absolute atomic E-state index is 0.0120. The summed E-state index contributed by atoms with van der Waals surface area (Å²) >= 11 is 0. The summed E-state index contributed by atoms with van der Waals surface area (Å²) in [6, 6.07) is 8.42. The quantitative estimate of drug-likeness (QED) is 0.517. The van der Waals surface area contributed by atoms with Gasteiger partial charge in [0.05, 0.1) is 0 Å². The van der Waals surface area contributed by atoms with E-state index in [0.717, 1.165) is 16.5 Å². The minimum Gasteiger partial charge on any atom is -0.370 e. The molecule has 2 rings (SSSR count). The van der Waals surface area contributed by atoms with Crippen LogP contribution in [-0.4, -0.2) is 28.8 Å². The molecule has 0 aliphatic rings. The molecule has 4 N–H and O–H groups in total. The van der Waals surface area contributed by atoms with Crippen LogP contribution in [0, 0.1) is 11.8 Å². The molecule has 1 heterocycles. The molecule has 0 aliphatic carbocycles. The molecule has 1 aromatic carbocycles. The number of hydrogen-bond donors (Lipinski definition) is 3. The summed E-state index contributed by atoms with van der Waals surface area (Å²) in [7, 11) is 0. The molecule has 0 spiro atoms. The second-order valence-electron chi connectivity index (χ2n) is 8.04. The molecule has 152 valence electrons. The Morgan fingerprint density at radius 2 is 1.86 bits per heavy atom. The van der Waals surface area contributed by atoms with Crippen LogP contribution >= 0.6 is 0 Å². The SMILES string of the molecule is CC(C)N[C@H](/C=C/[C@@H](Cc1c[nH]c2ccccc12)C(=O)C(C)C)CCC(N)=O. The number of Topliss-reactive ketones (excluding diaryl/α,β-unsaturated/α-hetero) is 1. The van der Waals surface area contributed by atoms with Crippen molar-refractivity contribution in [1.82, 2.24) is 10.3 Å². The first-order valence-corrected chi connectivity index (χ1v) is 10.1. The van der Waals surface area contributed by atoms with Gasteiger partial charge >= 0.3 is 0 Å². The first-order valence-electron chi connectivity index (χ1n) is 10.1. The van der Waals surface area contributed by atoms with Gasteiger partial charge in [0.15, 0.2) is 0 Å². The average Bonchev–Trinajstić information content (AvgIpc) is 3.04. The average molecular weight is 384 g/mol. The highest BCUT2D eigenvalue weighted by atomic mass is 16.1. The molecule has 0 aliphatic heterocycles. The Bertz CT molecular complexity index is 820. The first kappa shape index (κ1) is 21.9. The molecule has 5 nitrogen and oxygen atoms in total. The number of hydrogen-bond acceptors (Lipinski definition) is 3. The molecule has 28 heavy (non-hydrogen) atoms. The zero-order chi connectivity index (χ0) is 20.7. The summed E-state index contributed by atoms with van der Waals surface area (Å²) in [5.41, 5.74) is 7.54. The Labute approximate surface area is 167 Å². The molecule has 0 radical (unpaired) electrons. The third-order valence-electron chi connectivity index (χ3n) is 4.87. The summed E-state index contributed by atoms with van der Waals surface area (Å²) in [5.74, 6) is -0.330. The van der Waals surface area contributed by atoms with Crippen molar-refractivity contribution in [2.75, 3.05) is 0 Å². The van der Waals surface area contributed by atoms with Crippen molar-refractivity contribution in [3.8, 4) is 0 Å². The van der Waals surface area contributed by atoms with E-state index in [1.165, 1.54) is 0 Å². The fourth-order valence-electron chi connectivity index (χ4n) is 3.46. The lowest BCUT2D eigenvalue weighted by Crippen LogP contribution is -2.34. The Morgan fingerprint density at radius 3 is 2.50 bits per heavy atom. The number of carbonyl (C=O) groups is 2. The van der Waals surface area contributed by atoms with Crippen LogP contribution in [-0.2, 0) is 16.0 Å². The lowest BCUT2D eigenvalue weighted by molar-refractivity contribution is -0.124. The maximum Gasteiger partial charge on any atom is 0.217 e. The Kier molecular flexibility index (Phi) is 8.00. The van der Waals surface area contributed by atoms with Gasteiger partial charge in [-0.05, 0) is 24.5 Å². The second-order valence-corrected chi connectivity index (χ2v) is 8.04. The molecule has 1 amide bonds. The van der Waals surface area contributed by atoms with Gasteiger partial charge in [0, 0.05) is 47.4 Å². The molecule has 0 unspecified atom stereocenters. The summed E-state index contributed by atoms with van der Waals surface area (Å²) in [5, 5.41) is 4.59. The Morgan fingerprint density at radius 1 is 1.14 bits per heavy atom. The van der Waals surface area contributed by atoms with E-state index in [2.05, 4.69) is 30.2 Å². The minimum atomic E-state index is -0.308. The number of fused-ring (bicyclic) bond motifs is 1. The van der Waals surface area contributed by atoms with Crippen molar-refractivity contribution < 1.29 is 9.59 Å². The van der Waals surface area contributed by atoms with Crippen LogP contribution in [0.4, 0.5) is 0 Å². The van der Waals surface area contributed by atoms with Crippen LogP contribution in [0.1, 0.15) is 46.1 Å². The van der Waals surface area contributed by atoms with Gasteiger partial charge < -0.3 is 16.0 Å². The molecule has 1 aromatic heterocycles. The number of allylic oxidation sites excluding steroid dienone is 1. The first-order chi connectivity index (χ1) is 13.3. The smallest absolute Gasteiger partial charge is 0.217 e. The standard InChI is InChI=1S/C23H33N3O2/c1-15(2)23(28)17(9-10-19(26-16(3)4)11-12-22(24)27)13-18-14-25-21-8-6-5-7-20(18)21/h5-10,14-17,19,25-26H,11-13H2,1-4H3,(H2,24,27)/b10-9+/t17-,19+/m0/s1. The van der Waals surface area contributed by atoms with Gasteiger partial charge in [0.1, 0.15) is 5.78 Å². The molecule has 0 saturated heterocycles. The maximum absolute atomic E-state index is 12.9. The number of ketones is 1. The monoisotopic (exact) mass is 383 g/mol. The second kappa shape index (κ2) is 10.2. The molecule has 0 bridgehead atoms. The molecule has 2 atom stereocenters. The number of amides is 1. The summed E-state index contributed by atoms with van der Waals surface area (Å²) in [6.45, 7) is 8.01. The van der Waals surface area contributed by atoms with Gasteiger partial charge in [-0.3, -0.25) is 9.59 Å². The van der Waals surface area contributed by atoms with E-state index in [1.807, 2.05) is 50.4 Å². The summed E-state index contributed by atoms with van der Waals surface area (Å²) in [6.07, 6.45) is 7.63. The number of aromatic amines is 1. The van der Waals surface area contributed by atoms with Crippen LogP contribution in [0.3, 0.4) is 0 Å². The number of aromatic nitrogens is 1. The fraction of sp³-hybridized carbons (Fsp3) is 0.478. The van der Waals surface area contributed by atoms with Crippen molar-refractivity contribution in [1.29, 1.82) is 0 Å². The van der Waals surface area contributed by atoms with Crippen molar-refractivity contribution in [3.05, 3.63) is 48.2 Å². The highest BCUT2D eigenvalue weighted by Gasteiger charge is 2.21. The topological polar surface area (TPSA) is 88.0 Å². The number of primary amides is 1. The fourth-order valence-corrected chi connectivity index (χ4v) is 3.46. The van der Waals surface area contributed by atoms with E-state index in [-0.39, 0.29) is 35.6 Å². The van der Waals surface area contributed by atoms with Crippen LogP contribution in [0.25, 0.3) is 10.9 Å². The highest BCUT2D eigenvalue weighted by molar-refractivity contribution is 5.87. The number of para-hydroxylation sites is 1. The van der Waals surface area contributed by atoms with Crippen LogP contribution < -0.4 is 11.1 Å². The molecule has 5 heteroatoms. The largest absolute Gasteiger partial charge is 0.370 e. The third kappa shape index (κ3) is 6.34. The van der Waals surface area contributed by atoms with Crippen LogP contribution in [0.2, 0.25) is 0 Å². The van der Waals surface area contributed by atoms with Gasteiger partial charge in [-0.15, -0.1) is 0 Å². The van der Waals surface area contributed by atoms with Gasteiger partial charge in [-0.2, -0.15) is 0 Å². The van der Waals surface area contributed by atoms with Crippen molar-refractivity contribution in [2.45, 2.75) is 59.0 Å². The lowest BCUT2D eigenvalue weighted by atomic mass is 9.88. The van der Waals surface area contributed by atoms with Crippen LogP contribution in [0.15, 0.2) is 42.6 Å². The molecule has 0 saturated carbocycles. The summed E-state index contributed by atoms with van der Waals surface area (Å²) in [4.78, 5) is 27.3. The normalized spacial score (nSPS) is 14.2. The predicted octanol–water partition coefficient (Wildman–Crippen LogP) is 3.74. The number of benzene rings is 1. The lowest BCUT2D eigenvalue weighted by Gasteiger charge is -2.19. The molecule has 2 aromatic rings. The summed E-state index contributed by atoms with van der Waals surface area (Å²) < 4.78 is 0. The zero-order valence-corrected chi connectivity index (χ0v) is 17.4. The number of H-pyrrole nitrogens is 1. The Balaban J connectivity index is 2.22. The van der Waals surface area contributed by atoms with E-state index >= 15 is 0 Å². The maximum atomic E-state index is 12.9. The third-order valence-corrected chi connectivity index (χ3v) is 4.87. The van der Waals surface area contributed by atoms with Crippen molar-refractivity contribution in [3.63, 3.8) is 0 Å². The number of rotatable bonds is 11. The molecular formula is C23H33N3O2. The molecule has 0 fully saturated rings. The van der Waals surface area contributed by atoms with Crippen molar-refractivity contribution in [2.24, 2.45) is 17.6 Å². The number of nitrogens with one attached hydrogen (secondary N) is 2. The number of nitrogens with two attached hydrogens (primary N) is 1. The highest BCUT2D eigenvalue weighted by Crippen LogP contribution is 2.23. The van der Waals surface area contributed by atoms with E-state index in [1.54, 1.807) is 0 Å². The number of carbonyl (C=O) groups excluding carboxylic acids is 2. The van der Waals surface area contributed by atoms with E-state index in [4.69, 9.17) is 5.73 Å². The Hall–Kier alpha value is -2.40. The van der Waals surface area contributed by atoms with Gasteiger partial charge in [0.2, 0.25) is 5.91 Å². The van der Waals surface area contributed by atoms with E-state index in [9.17, 15) is 9.59 Å².